The fourth-order valence-corrected chi connectivity index (χ4v) is 5.78. The lowest BCUT2D eigenvalue weighted by atomic mass is 9.99. The van der Waals surface area contributed by atoms with Gasteiger partial charge < -0.3 is 15.2 Å². The molecule has 2 aromatic heterocycles. The molecule has 2 N–H and O–H groups in total. The van der Waals surface area contributed by atoms with Crippen LogP contribution >= 0.6 is 0 Å². The second kappa shape index (κ2) is 7.66. The molecule has 9 heteroatoms. The van der Waals surface area contributed by atoms with Crippen molar-refractivity contribution in [3.8, 4) is 17.0 Å². The van der Waals surface area contributed by atoms with Crippen LogP contribution in [0.2, 0.25) is 0 Å². The Balaban J connectivity index is 1.21. The van der Waals surface area contributed by atoms with Gasteiger partial charge in [-0.25, -0.2) is 4.98 Å². The lowest BCUT2D eigenvalue weighted by Gasteiger charge is -2.43. The Morgan fingerprint density at radius 2 is 1.94 bits per heavy atom. The fourth-order valence-electron chi connectivity index (χ4n) is 5.78. The second-order valence-corrected chi connectivity index (χ2v) is 9.86. The Labute approximate surface area is 185 Å². The molecule has 7 nitrogen and oxygen atoms in total. The third kappa shape index (κ3) is 3.65. The molecule has 0 spiro atoms. The number of nitrogens with two attached hydrogens (primary N) is 1. The number of nitrogen functional groups attached to an aromatic ring is 1. The van der Waals surface area contributed by atoms with Gasteiger partial charge in [-0.2, -0.15) is 13.9 Å². The minimum Gasteiger partial charge on any atom is -0.431 e. The topological polar surface area (TPSA) is 78.4 Å². The Morgan fingerprint density at radius 1 is 1.19 bits per heavy atom. The Bertz CT molecular complexity index is 992. The molecule has 1 aliphatic heterocycles. The van der Waals surface area contributed by atoms with Crippen molar-refractivity contribution < 1.29 is 18.3 Å². The summed E-state index contributed by atoms with van der Waals surface area (Å²) in [5.74, 6) is 2.52. The summed E-state index contributed by atoms with van der Waals surface area (Å²) < 4.78 is 37.6. The molecule has 3 saturated carbocycles. The number of alkyl halides is 2. The van der Waals surface area contributed by atoms with Crippen molar-refractivity contribution in [1.82, 2.24) is 19.7 Å². The summed E-state index contributed by atoms with van der Waals surface area (Å²) in [7, 11) is 1.79. The smallest absolute Gasteiger partial charge is 0.387 e. The standard InChI is InChI=1S/C23H29F2N5O2/c1-31-15-10-29(11-15)14-5-16-17(6-14)21(16)19-7-18(28-30(19)9-12-2-3-12)13-4-20(32-23(24)25)22(26)27-8-13/h4,7-8,12,14-17,21,23H,2-3,5-6,9-11H2,1H3,(H2,26,27)/t14?,16-,17+,21?. The van der Waals surface area contributed by atoms with Crippen LogP contribution in [0.25, 0.3) is 11.3 Å². The number of rotatable bonds is 8. The zero-order valence-corrected chi connectivity index (χ0v) is 18.2. The molecule has 4 aliphatic rings. The predicted molar refractivity (Wildman–Crippen MR) is 114 cm³/mol. The average molecular weight is 446 g/mol. The number of halogens is 2. The van der Waals surface area contributed by atoms with E-state index in [0.29, 0.717) is 41.4 Å². The minimum absolute atomic E-state index is 0.0452. The highest BCUT2D eigenvalue weighted by molar-refractivity contribution is 5.64. The highest BCUT2D eigenvalue weighted by atomic mass is 19.3. The number of methoxy groups -OCH3 is 1. The molecule has 0 aromatic carbocycles. The van der Waals surface area contributed by atoms with Gasteiger partial charge in [0.05, 0.1) is 11.8 Å². The van der Waals surface area contributed by atoms with E-state index in [1.54, 1.807) is 13.3 Å². The van der Waals surface area contributed by atoms with Gasteiger partial charge in [-0.1, -0.05) is 0 Å². The van der Waals surface area contributed by atoms with E-state index >= 15 is 0 Å². The van der Waals surface area contributed by atoms with Crippen LogP contribution in [0.3, 0.4) is 0 Å². The average Bonchev–Trinajstić information content (AvgIpc) is 3.57. The lowest BCUT2D eigenvalue weighted by Crippen LogP contribution is -2.55. The summed E-state index contributed by atoms with van der Waals surface area (Å²) >= 11 is 0. The molecule has 32 heavy (non-hydrogen) atoms. The lowest BCUT2D eigenvalue weighted by molar-refractivity contribution is -0.0516. The molecular weight excluding hydrogens is 416 g/mol. The maximum absolute atomic E-state index is 12.7. The number of nitrogens with zero attached hydrogens (tertiary/aromatic N) is 4. The molecule has 172 valence electrons. The van der Waals surface area contributed by atoms with Crippen molar-refractivity contribution in [2.45, 2.75) is 56.9 Å². The number of hydrogen-bond donors (Lipinski definition) is 1. The number of ether oxygens (including phenoxy) is 2. The van der Waals surface area contributed by atoms with E-state index in [9.17, 15) is 8.78 Å². The zero-order chi connectivity index (χ0) is 22.0. The van der Waals surface area contributed by atoms with E-state index in [2.05, 4.69) is 25.4 Å². The van der Waals surface area contributed by atoms with E-state index in [1.807, 2.05) is 0 Å². The van der Waals surface area contributed by atoms with E-state index < -0.39 is 6.61 Å². The Kier molecular flexibility index (Phi) is 4.87. The van der Waals surface area contributed by atoms with Gasteiger partial charge in [0.15, 0.2) is 11.6 Å². The summed E-state index contributed by atoms with van der Waals surface area (Å²) in [4.78, 5) is 6.62. The first-order chi connectivity index (χ1) is 15.5. The number of fused-ring (bicyclic) bond motifs is 1. The van der Waals surface area contributed by atoms with E-state index in [4.69, 9.17) is 15.6 Å². The maximum atomic E-state index is 12.7. The first kappa shape index (κ1) is 20.4. The van der Waals surface area contributed by atoms with Gasteiger partial charge in [0.25, 0.3) is 0 Å². The van der Waals surface area contributed by atoms with Crippen LogP contribution in [0, 0.1) is 17.8 Å². The van der Waals surface area contributed by atoms with Gasteiger partial charge >= 0.3 is 6.61 Å². The van der Waals surface area contributed by atoms with Crippen LogP contribution in [0.4, 0.5) is 14.6 Å². The first-order valence-electron chi connectivity index (χ1n) is 11.6. The van der Waals surface area contributed by atoms with Gasteiger partial charge in [0.1, 0.15) is 0 Å². The van der Waals surface area contributed by atoms with Crippen LogP contribution in [0.1, 0.15) is 37.3 Å². The van der Waals surface area contributed by atoms with Crippen LogP contribution in [0.15, 0.2) is 18.3 Å². The van der Waals surface area contributed by atoms with Crippen molar-refractivity contribution >= 4 is 5.82 Å². The third-order valence-electron chi connectivity index (χ3n) is 7.82. The molecule has 3 aliphatic carbocycles. The highest BCUT2D eigenvalue weighted by Gasteiger charge is 2.59. The predicted octanol–water partition coefficient (Wildman–Crippen LogP) is 3.36. The molecule has 0 radical (unpaired) electrons. The summed E-state index contributed by atoms with van der Waals surface area (Å²) in [6.07, 6.45) is 6.97. The summed E-state index contributed by atoms with van der Waals surface area (Å²) in [6, 6.07) is 4.33. The Morgan fingerprint density at radius 3 is 2.59 bits per heavy atom. The van der Waals surface area contributed by atoms with E-state index in [0.717, 1.165) is 25.3 Å². The largest absolute Gasteiger partial charge is 0.431 e. The number of likely N-dealkylation sites (tertiary alicyclic amines) is 1. The fraction of sp³-hybridized carbons (Fsp3) is 0.652. The Hall–Kier alpha value is -2.26. The SMILES string of the molecule is COC1CN(C2C[C@@H]3C(c4cc(-c5cnc(N)c(OC(F)F)c5)nn4CC4CC4)[C@@H]3C2)C1. The molecule has 0 bridgehead atoms. The zero-order valence-electron chi connectivity index (χ0n) is 18.2. The molecule has 6 rings (SSSR count). The molecular formula is C23H29F2N5O2. The number of aromatic nitrogens is 3. The minimum atomic E-state index is -2.94. The summed E-state index contributed by atoms with van der Waals surface area (Å²) in [5, 5.41) is 4.87. The van der Waals surface area contributed by atoms with Crippen molar-refractivity contribution in [1.29, 1.82) is 0 Å². The molecule has 4 atom stereocenters. The van der Waals surface area contributed by atoms with E-state index in [-0.39, 0.29) is 11.6 Å². The molecule has 1 saturated heterocycles. The van der Waals surface area contributed by atoms with E-state index in [1.165, 1.54) is 37.4 Å². The quantitative estimate of drug-likeness (QED) is 0.671. The first-order valence-corrected chi connectivity index (χ1v) is 11.6. The molecule has 4 fully saturated rings. The van der Waals surface area contributed by atoms with Crippen molar-refractivity contribution in [3.05, 3.63) is 24.0 Å². The van der Waals surface area contributed by atoms with Gasteiger partial charge in [-0.3, -0.25) is 9.58 Å². The second-order valence-electron chi connectivity index (χ2n) is 9.86. The van der Waals surface area contributed by atoms with Crippen LogP contribution in [-0.4, -0.2) is 58.6 Å². The van der Waals surface area contributed by atoms with Crippen molar-refractivity contribution in [2.24, 2.45) is 17.8 Å². The maximum Gasteiger partial charge on any atom is 0.387 e. The summed E-state index contributed by atoms with van der Waals surface area (Å²) in [6.45, 7) is 0.102. The highest BCUT2D eigenvalue weighted by Crippen LogP contribution is 2.64. The van der Waals surface area contributed by atoms with Crippen molar-refractivity contribution in [3.63, 3.8) is 0 Å². The number of pyridine rings is 1. The molecule has 2 unspecified atom stereocenters. The monoisotopic (exact) mass is 445 g/mol. The van der Waals surface area contributed by atoms with Crippen LogP contribution in [0.5, 0.6) is 5.75 Å². The van der Waals surface area contributed by atoms with Crippen LogP contribution in [-0.2, 0) is 11.3 Å². The van der Waals surface area contributed by atoms with Gasteiger partial charge in [-0.05, 0) is 55.6 Å². The third-order valence-corrected chi connectivity index (χ3v) is 7.82. The molecule has 2 aromatic rings. The van der Waals surface area contributed by atoms with Crippen LogP contribution < -0.4 is 10.5 Å². The molecule has 3 heterocycles. The summed E-state index contributed by atoms with van der Waals surface area (Å²) in [5.41, 5.74) is 8.40. The van der Waals surface area contributed by atoms with Crippen molar-refractivity contribution in [2.75, 3.05) is 25.9 Å². The van der Waals surface area contributed by atoms with Gasteiger partial charge in [0, 0.05) is 56.2 Å². The normalized spacial score (nSPS) is 29.9. The number of hydrogen-bond acceptors (Lipinski definition) is 6. The van der Waals surface area contributed by atoms with Gasteiger partial charge in [0.2, 0.25) is 0 Å². The molecule has 0 amide bonds. The van der Waals surface area contributed by atoms with Gasteiger partial charge in [-0.15, -0.1) is 0 Å². The number of anilines is 1.